The summed E-state index contributed by atoms with van der Waals surface area (Å²) < 4.78 is 5.37. The average molecular weight is 425 g/mol. The van der Waals surface area contributed by atoms with Gasteiger partial charge in [0.1, 0.15) is 5.60 Å². The minimum absolute atomic E-state index is 0.0843. The molecule has 1 aromatic rings. The summed E-state index contributed by atoms with van der Waals surface area (Å²) in [4.78, 5) is 37.5. The fraction of sp³-hybridized carbons (Fsp3) is 0.571. The highest BCUT2D eigenvalue weighted by atomic mass is 35.5. The number of aliphatic carboxylic acids is 1. The zero-order valence-corrected chi connectivity index (χ0v) is 17.9. The zero-order chi connectivity index (χ0) is 21.6. The van der Waals surface area contributed by atoms with Gasteiger partial charge in [-0.3, -0.25) is 9.59 Å². The van der Waals surface area contributed by atoms with Gasteiger partial charge in [-0.25, -0.2) is 4.79 Å². The van der Waals surface area contributed by atoms with Gasteiger partial charge in [0.05, 0.1) is 6.42 Å². The molecule has 0 spiro atoms. The first-order valence-corrected chi connectivity index (χ1v) is 10.2. The van der Waals surface area contributed by atoms with Gasteiger partial charge in [-0.15, -0.1) is 0 Å². The van der Waals surface area contributed by atoms with Gasteiger partial charge in [0.25, 0.3) is 0 Å². The van der Waals surface area contributed by atoms with E-state index in [2.05, 4.69) is 5.32 Å². The molecule has 1 atom stereocenters. The van der Waals surface area contributed by atoms with Crippen LogP contribution in [0, 0.1) is 5.92 Å². The van der Waals surface area contributed by atoms with Crippen molar-refractivity contribution >= 4 is 29.6 Å². The van der Waals surface area contributed by atoms with Crippen molar-refractivity contribution in [3.05, 3.63) is 34.9 Å². The van der Waals surface area contributed by atoms with Crippen LogP contribution in [0.3, 0.4) is 0 Å². The molecule has 0 bridgehead atoms. The molecule has 1 saturated heterocycles. The minimum atomic E-state index is -0.926. The second-order valence-electron chi connectivity index (χ2n) is 8.33. The van der Waals surface area contributed by atoms with E-state index in [0.29, 0.717) is 31.0 Å². The molecule has 1 heterocycles. The highest BCUT2D eigenvalue weighted by molar-refractivity contribution is 6.30. The molecule has 1 aliphatic rings. The third-order valence-corrected chi connectivity index (χ3v) is 5.05. The van der Waals surface area contributed by atoms with Crippen LogP contribution in [0.1, 0.15) is 51.5 Å². The average Bonchev–Trinajstić information content (AvgIpc) is 2.64. The highest BCUT2D eigenvalue weighted by Crippen LogP contribution is 2.23. The Kier molecular flexibility index (Phi) is 7.90. The van der Waals surface area contributed by atoms with Crippen LogP contribution in [0.2, 0.25) is 5.02 Å². The van der Waals surface area contributed by atoms with E-state index in [-0.39, 0.29) is 36.8 Å². The van der Waals surface area contributed by atoms with Crippen molar-refractivity contribution in [3.8, 4) is 0 Å². The van der Waals surface area contributed by atoms with Gasteiger partial charge in [0.2, 0.25) is 5.91 Å². The van der Waals surface area contributed by atoms with Gasteiger partial charge < -0.3 is 20.1 Å². The standard InChI is InChI=1S/C21H29ClN2O5/c1-21(2,3)29-20(28)24-10-8-15(9-11-24)19(27)23-13-16(12-18(25)26)14-4-6-17(22)7-5-14/h4-7,15-16H,8-13H2,1-3H3,(H,23,27)(H,25,26)/t16-/m0/s1. The number of carbonyl (C=O) groups is 3. The van der Waals surface area contributed by atoms with Crippen LogP contribution >= 0.6 is 11.6 Å². The van der Waals surface area contributed by atoms with Gasteiger partial charge in [0.15, 0.2) is 0 Å². The Morgan fingerprint density at radius 3 is 2.31 bits per heavy atom. The number of hydrogen-bond acceptors (Lipinski definition) is 4. The lowest BCUT2D eigenvalue weighted by Gasteiger charge is -2.33. The molecule has 8 heteroatoms. The smallest absolute Gasteiger partial charge is 0.410 e. The topological polar surface area (TPSA) is 95.9 Å². The summed E-state index contributed by atoms with van der Waals surface area (Å²) in [6.45, 7) is 6.61. The summed E-state index contributed by atoms with van der Waals surface area (Å²) in [5, 5.41) is 12.6. The number of piperidine rings is 1. The van der Waals surface area contributed by atoms with Gasteiger partial charge in [-0.1, -0.05) is 23.7 Å². The Labute approximate surface area is 176 Å². The molecule has 1 aliphatic heterocycles. The predicted molar refractivity (Wildman–Crippen MR) is 110 cm³/mol. The van der Waals surface area contributed by atoms with Crippen LogP contribution in [0.15, 0.2) is 24.3 Å². The number of nitrogens with zero attached hydrogens (tertiary/aromatic N) is 1. The molecule has 2 amide bonds. The van der Waals surface area contributed by atoms with E-state index < -0.39 is 11.6 Å². The monoisotopic (exact) mass is 424 g/mol. The maximum atomic E-state index is 12.6. The van der Waals surface area contributed by atoms with E-state index in [9.17, 15) is 19.5 Å². The van der Waals surface area contributed by atoms with Crippen molar-refractivity contribution in [2.24, 2.45) is 5.92 Å². The van der Waals surface area contributed by atoms with Crippen LogP contribution in [-0.2, 0) is 14.3 Å². The second kappa shape index (κ2) is 9.96. The van der Waals surface area contributed by atoms with Crippen molar-refractivity contribution in [2.45, 2.75) is 51.6 Å². The Bertz CT molecular complexity index is 722. The number of carboxylic acids is 1. The molecule has 160 valence electrons. The molecule has 0 unspecified atom stereocenters. The van der Waals surface area contributed by atoms with E-state index in [4.69, 9.17) is 16.3 Å². The molecular weight excluding hydrogens is 396 g/mol. The first-order chi connectivity index (χ1) is 13.5. The SMILES string of the molecule is CC(C)(C)OC(=O)N1CCC(C(=O)NC[C@H](CC(=O)O)c2ccc(Cl)cc2)CC1. The number of rotatable bonds is 6. The molecule has 7 nitrogen and oxygen atoms in total. The summed E-state index contributed by atoms with van der Waals surface area (Å²) in [6.07, 6.45) is 0.658. The van der Waals surface area contributed by atoms with Crippen LogP contribution in [0.4, 0.5) is 4.79 Å². The molecular formula is C21H29ClN2O5. The van der Waals surface area contributed by atoms with Crippen molar-refractivity contribution in [1.82, 2.24) is 10.2 Å². The van der Waals surface area contributed by atoms with E-state index >= 15 is 0 Å². The Hall–Kier alpha value is -2.28. The fourth-order valence-electron chi connectivity index (χ4n) is 3.27. The lowest BCUT2D eigenvalue weighted by atomic mass is 9.93. The molecule has 2 N–H and O–H groups in total. The van der Waals surface area contributed by atoms with Crippen LogP contribution in [-0.4, -0.2) is 53.2 Å². The first kappa shape index (κ1) is 23.0. The number of nitrogens with one attached hydrogen (secondary N) is 1. The normalized spacial score (nSPS) is 16.2. The maximum Gasteiger partial charge on any atom is 0.410 e. The Morgan fingerprint density at radius 2 is 1.79 bits per heavy atom. The molecule has 29 heavy (non-hydrogen) atoms. The number of benzene rings is 1. The number of carboxylic acid groups (broad SMARTS) is 1. The third-order valence-electron chi connectivity index (χ3n) is 4.80. The quantitative estimate of drug-likeness (QED) is 0.726. The number of ether oxygens (including phenoxy) is 1. The first-order valence-electron chi connectivity index (χ1n) is 9.78. The third kappa shape index (κ3) is 7.57. The highest BCUT2D eigenvalue weighted by Gasteiger charge is 2.30. The van der Waals surface area contributed by atoms with Crippen molar-refractivity contribution in [1.29, 1.82) is 0 Å². The Balaban J connectivity index is 1.87. The lowest BCUT2D eigenvalue weighted by molar-refractivity contribution is -0.137. The van der Waals surface area contributed by atoms with E-state index in [1.807, 2.05) is 20.8 Å². The summed E-state index contributed by atoms with van der Waals surface area (Å²) in [5.41, 5.74) is 0.267. The van der Waals surface area contributed by atoms with Gasteiger partial charge in [0, 0.05) is 36.5 Å². The summed E-state index contributed by atoms with van der Waals surface area (Å²) in [5.74, 6) is -1.58. The summed E-state index contributed by atoms with van der Waals surface area (Å²) in [7, 11) is 0. The van der Waals surface area contributed by atoms with Gasteiger partial charge in [-0.05, 0) is 51.3 Å². The van der Waals surface area contributed by atoms with E-state index in [0.717, 1.165) is 5.56 Å². The van der Waals surface area contributed by atoms with Crippen LogP contribution in [0.25, 0.3) is 0 Å². The molecule has 0 saturated carbocycles. The zero-order valence-electron chi connectivity index (χ0n) is 17.1. The molecule has 0 aromatic heterocycles. The molecule has 1 aromatic carbocycles. The van der Waals surface area contributed by atoms with Crippen molar-refractivity contribution in [3.63, 3.8) is 0 Å². The molecule has 0 radical (unpaired) electrons. The van der Waals surface area contributed by atoms with Crippen LogP contribution < -0.4 is 5.32 Å². The number of amides is 2. The summed E-state index contributed by atoms with van der Waals surface area (Å²) >= 11 is 5.90. The number of halogens is 1. The van der Waals surface area contributed by atoms with Gasteiger partial charge in [-0.2, -0.15) is 0 Å². The van der Waals surface area contributed by atoms with Crippen molar-refractivity contribution in [2.75, 3.05) is 19.6 Å². The fourth-order valence-corrected chi connectivity index (χ4v) is 3.40. The number of likely N-dealkylation sites (tertiary alicyclic amines) is 1. The van der Waals surface area contributed by atoms with Gasteiger partial charge >= 0.3 is 12.1 Å². The van der Waals surface area contributed by atoms with Crippen LogP contribution in [0.5, 0.6) is 0 Å². The molecule has 2 rings (SSSR count). The summed E-state index contributed by atoms with van der Waals surface area (Å²) in [6, 6.07) is 6.97. The maximum absolute atomic E-state index is 12.6. The predicted octanol–water partition coefficient (Wildman–Crippen LogP) is 3.66. The largest absolute Gasteiger partial charge is 0.481 e. The number of hydrogen-bond donors (Lipinski definition) is 2. The lowest BCUT2D eigenvalue weighted by Crippen LogP contribution is -2.45. The molecule has 0 aliphatic carbocycles. The number of carbonyl (C=O) groups excluding carboxylic acids is 2. The Morgan fingerprint density at radius 1 is 1.21 bits per heavy atom. The van der Waals surface area contributed by atoms with Crippen molar-refractivity contribution < 1.29 is 24.2 Å². The minimum Gasteiger partial charge on any atom is -0.481 e. The van der Waals surface area contributed by atoms with E-state index in [1.165, 1.54) is 0 Å². The molecule has 1 fully saturated rings. The second-order valence-corrected chi connectivity index (χ2v) is 8.77. The van der Waals surface area contributed by atoms with E-state index in [1.54, 1.807) is 29.2 Å².